The molecule has 0 aliphatic heterocycles. The quantitative estimate of drug-likeness (QED) is 0.762. The molecular formula is C7H9F2N3O. The van der Waals surface area contributed by atoms with Gasteiger partial charge in [-0.3, -0.25) is 9.89 Å². The van der Waals surface area contributed by atoms with Crippen LogP contribution in [-0.2, 0) is 0 Å². The predicted molar refractivity (Wildman–Crippen MR) is 41.6 cm³/mol. The number of carbonyl (C=O) groups excluding carboxylic acids is 1. The first-order chi connectivity index (χ1) is 6.11. The van der Waals surface area contributed by atoms with Crippen LogP contribution in [0.2, 0.25) is 0 Å². The van der Waals surface area contributed by atoms with Gasteiger partial charge in [0.1, 0.15) is 0 Å². The van der Waals surface area contributed by atoms with Gasteiger partial charge < -0.3 is 4.90 Å². The standard InChI is InChI=1S/C7H9F2N3O/c1-12(4-6(8)9)7(13)5-2-10-11-3-5/h2-3,6H,4H2,1H3,(H,10,11). The number of nitrogens with one attached hydrogen (secondary N) is 1. The number of hydrogen-bond acceptors (Lipinski definition) is 2. The van der Waals surface area contributed by atoms with Crippen molar-refractivity contribution in [1.29, 1.82) is 0 Å². The second-order valence-corrected chi connectivity index (χ2v) is 2.56. The van der Waals surface area contributed by atoms with Crippen LogP contribution >= 0.6 is 0 Å². The molecule has 0 spiro atoms. The van der Waals surface area contributed by atoms with Crippen molar-refractivity contribution < 1.29 is 13.6 Å². The second kappa shape index (κ2) is 3.97. The van der Waals surface area contributed by atoms with Crippen molar-refractivity contribution in [2.75, 3.05) is 13.6 Å². The third-order valence-corrected chi connectivity index (χ3v) is 1.50. The molecule has 0 bridgehead atoms. The number of H-pyrrole nitrogens is 1. The highest BCUT2D eigenvalue weighted by atomic mass is 19.3. The minimum absolute atomic E-state index is 0.281. The van der Waals surface area contributed by atoms with E-state index in [2.05, 4.69) is 10.2 Å². The minimum Gasteiger partial charge on any atom is -0.336 e. The van der Waals surface area contributed by atoms with E-state index in [9.17, 15) is 13.6 Å². The van der Waals surface area contributed by atoms with E-state index in [0.29, 0.717) is 0 Å². The van der Waals surface area contributed by atoms with Crippen LogP contribution in [0.1, 0.15) is 10.4 Å². The number of alkyl halides is 2. The maximum Gasteiger partial charge on any atom is 0.256 e. The van der Waals surface area contributed by atoms with Gasteiger partial charge in [0, 0.05) is 13.2 Å². The number of carbonyl (C=O) groups is 1. The zero-order valence-corrected chi connectivity index (χ0v) is 7.00. The Kier molecular flexibility index (Phi) is 2.94. The summed E-state index contributed by atoms with van der Waals surface area (Å²) in [7, 11) is 1.32. The first-order valence-corrected chi connectivity index (χ1v) is 3.63. The molecule has 0 atom stereocenters. The number of aromatic nitrogens is 2. The van der Waals surface area contributed by atoms with E-state index in [4.69, 9.17) is 0 Å². The Morgan fingerprint density at radius 1 is 1.77 bits per heavy atom. The number of hydrogen-bond donors (Lipinski definition) is 1. The Bertz CT molecular complexity index is 273. The van der Waals surface area contributed by atoms with Gasteiger partial charge in [0.2, 0.25) is 0 Å². The van der Waals surface area contributed by atoms with Gasteiger partial charge in [0.25, 0.3) is 12.3 Å². The maximum atomic E-state index is 11.9. The van der Waals surface area contributed by atoms with Crippen LogP contribution < -0.4 is 0 Å². The molecule has 1 rings (SSSR count). The largest absolute Gasteiger partial charge is 0.336 e. The monoisotopic (exact) mass is 189 g/mol. The molecule has 13 heavy (non-hydrogen) atoms. The SMILES string of the molecule is CN(CC(F)F)C(=O)c1cn[nH]c1. The van der Waals surface area contributed by atoms with Gasteiger partial charge in [0.15, 0.2) is 0 Å². The highest BCUT2D eigenvalue weighted by Crippen LogP contribution is 2.02. The molecule has 6 heteroatoms. The third kappa shape index (κ3) is 2.50. The lowest BCUT2D eigenvalue weighted by Crippen LogP contribution is -2.30. The number of halogens is 2. The van der Waals surface area contributed by atoms with Crippen molar-refractivity contribution in [2.24, 2.45) is 0 Å². The average molecular weight is 189 g/mol. The molecule has 0 saturated carbocycles. The van der Waals surface area contributed by atoms with E-state index in [1.807, 2.05) is 0 Å². The summed E-state index contributed by atoms with van der Waals surface area (Å²) >= 11 is 0. The molecule has 1 amide bonds. The minimum atomic E-state index is -2.51. The second-order valence-electron chi connectivity index (χ2n) is 2.56. The molecule has 72 valence electrons. The first-order valence-electron chi connectivity index (χ1n) is 3.63. The topological polar surface area (TPSA) is 49.0 Å². The molecule has 0 aliphatic rings. The summed E-state index contributed by atoms with van der Waals surface area (Å²) in [6.07, 6.45) is 0.148. The smallest absolute Gasteiger partial charge is 0.256 e. The number of nitrogens with zero attached hydrogens (tertiary/aromatic N) is 2. The van der Waals surface area contributed by atoms with Crippen molar-refractivity contribution in [3.8, 4) is 0 Å². The third-order valence-electron chi connectivity index (χ3n) is 1.50. The molecule has 0 saturated heterocycles. The molecule has 0 unspecified atom stereocenters. The zero-order valence-electron chi connectivity index (χ0n) is 7.00. The Hall–Kier alpha value is -1.46. The molecule has 1 heterocycles. The summed E-state index contributed by atoms with van der Waals surface area (Å²) in [6.45, 7) is -0.565. The number of aromatic amines is 1. The molecule has 1 aromatic rings. The van der Waals surface area contributed by atoms with Gasteiger partial charge in [-0.2, -0.15) is 5.10 Å². The van der Waals surface area contributed by atoms with Crippen LogP contribution in [-0.4, -0.2) is 41.0 Å². The van der Waals surface area contributed by atoms with Crippen LogP contribution in [0.5, 0.6) is 0 Å². The fourth-order valence-corrected chi connectivity index (χ4v) is 0.878. The number of amides is 1. The zero-order chi connectivity index (χ0) is 9.84. The van der Waals surface area contributed by atoms with E-state index in [0.717, 1.165) is 4.90 Å². The van der Waals surface area contributed by atoms with E-state index in [-0.39, 0.29) is 5.56 Å². The van der Waals surface area contributed by atoms with Crippen LogP contribution in [0.4, 0.5) is 8.78 Å². The van der Waals surface area contributed by atoms with Crippen molar-refractivity contribution in [1.82, 2.24) is 15.1 Å². The normalized spacial score (nSPS) is 10.5. The van der Waals surface area contributed by atoms with Crippen molar-refractivity contribution in [2.45, 2.75) is 6.43 Å². The van der Waals surface area contributed by atoms with Gasteiger partial charge in [-0.1, -0.05) is 0 Å². The van der Waals surface area contributed by atoms with Crippen LogP contribution in [0, 0.1) is 0 Å². The molecule has 1 N–H and O–H groups in total. The molecule has 0 aliphatic carbocycles. The van der Waals surface area contributed by atoms with Crippen LogP contribution in [0.3, 0.4) is 0 Å². The summed E-state index contributed by atoms with van der Waals surface area (Å²) in [5, 5.41) is 5.98. The van der Waals surface area contributed by atoms with E-state index in [1.54, 1.807) is 0 Å². The van der Waals surface area contributed by atoms with Gasteiger partial charge in [-0.15, -0.1) is 0 Å². The lowest BCUT2D eigenvalue weighted by Gasteiger charge is -2.14. The predicted octanol–water partition coefficient (Wildman–Crippen LogP) is 0.747. The lowest BCUT2D eigenvalue weighted by molar-refractivity contribution is 0.0620. The summed E-state index contributed by atoms with van der Waals surface area (Å²) in [5.74, 6) is -0.464. The van der Waals surface area contributed by atoms with E-state index < -0.39 is 18.9 Å². The molecule has 0 radical (unpaired) electrons. The van der Waals surface area contributed by atoms with Gasteiger partial charge in [-0.25, -0.2) is 8.78 Å². The maximum absolute atomic E-state index is 11.9. The highest BCUT2D eigenvalue weighted by molar-refractivity contribution is 5.93. The molecule has 4 nitrogen and oxygen atoms in total. The Morgan fingerprint density at radius 3 is 2.92 bits per heavy atom. The summed E-state index contributed by atoms with van der Waals surface area (Å²) in [6, 6.07) is 0. The summed E-state index contributed by atoms with van der Waals surface area (Å²) < 4.78 is 23.7. The average Bonchev–Trinajstić information content (AvgIpc) is 2.53. The molecule has 1 aromatic heterocycles. The molecular weight excluding hydrogens is 180 g/mol. The molecule has 0 fully saturated rings. The van der Waals surface area contributed by atoms with Crippen LogP contribution in [0.25, 0.3) is 0 Å². The van der Waals surface area contributed by atoms with Crippen LogP contribution in [0.15, 0.2) is 12.4 Å². The first kappa shape index (κ1) is 9.63. The fourth-order valence-electron chi connectivity index (χ4n) is 0.878. The van der Waals surface area contributed by atoms with E-state index in [1.165, 1.54) is 19.4 Å². The van der Waals surface area contributed by atoms with Gasteiger partial charge in [-0.05, 0) is 0 Å². The van der Waals surface area contributed by atoms with E-state index >= 15 is 0 Å². The highest BCUT2D eigenvalue weighted by Gasteiger charge is 2.15. The van der Waals surface area contributed by atoms with Gasteiger partial charge >= 0.3 is 0 Å². The van der Waals surface area contributed by atoms with Gasteiger partial charge in [0.05, 0.1) is 18.3 Å². The summed E-state index contributed by atoms with van der Waals surface area (Å²) in [4.78, 5) is 12.2. The van der Waals surface area contributed by atoms with Crippen molar-refractivity contribution >= 4 is 5.91 Å². The Balaban J connectivity index is 2.58. The van der Waals surface area contributed by atoms with Crippen molar-refractivity contribution in [3.05, 3.63) is 18.0 Å². The molecule has 0 aromatic carbocycles. The Morgan fingerprint density at radius 2 is 2.46 bits per heavy atom. The van der Waals surface area contributed by atoms with Crippen molar-refractivity contribution in [3.63, 3.8) is 0 Å². The number of rotatable bonds is 3. The summed E-state index contributed by atoms with van der Waals surface area (Å²) in [5.41, 5.74) is 0.281. The lowest BCUT2D eigenvalue weighted by atomic mass is 10.3. The fraction of sp³-hybridized carbons (Fsp3) is 0.429. The Labute approximate surface area is 73.5 Å².